The highest BCUT2D eigenvalue weighted by Gasteiger charge is 1.99. The van der Waals surface area contributed by atoms with Crippen molar-refractivity contribution in [3.8, 4) is 0 Å². The molecule has 0 unspecified atom stereocenters. The zero-order valence-electron chi connectivity index (χ0n) is 9.48. The summed E-state index contributed by atoms with van der Waals surface area (Å²) in [6.45, 7) is 0.788. The Labute approximate surface area is 96.5 Å². The van der Waals surface area contributed by atoms with Crippen LogP contribution in [0.1, 0.15) is 24.8 Å². The fraction of sp³-hybridized carbons (Fsp3) is 0.462. The Morgan fingerprint density at radius 2 is 1.94 bits per heavy atom. The molecule has 0 fully saturated rings. The third-order valence-corrected chi connectivity index (χ3v) is 2.37. The van der Waals surface area contributed by atoms with Crippen LogP contribution in [0.25, 0.3) is 0 Å². The Kier molecular flexibility index (Phi) is 6.26. The molecule has 16 heavy (non-hydrogen) atoms. The minimum Gasteiger partial charge on any atom is -0.396 e. The summed E-state index contributed by atoms with van der Waals surface area (Å²) in [6.07, 6.45) is 2.91. The lowest BCUT2D eigenvalue weighted by Crippen LogP contribution is -2.24. The molecular formula is C13H19NO2. The summed E-state index contributed by atoms with van der Waals surface area (Å²) < 4.78 is 0. The van der Waals surface area contributed by atoms with Crippen LogP contribution in [0.2, 0.25) is 0 Å². The quantitative estimate of drug-likeness (QED) is 0.686. The fourth-order valence-electron chi connectivity index (χ4n) is 1.49. The molecule has 1 aromatic carbocycles. The number of rotatable bonds is 7. The molecule has 0 radical (unpaired) electrons. The second-order valence-corrected chi connectivity index (χ2v) is 3.77. The van der Waals surface area contributed by atoms with Gasteiger partial charge in [0, 0.05) is 19.6 Å². The second-order valence-electron chi connectivity index (χ2n) is 3.77. The van der Waals surface area contributed by atoms with Crippen LogP contribution < -0.4 is 5.32 Å². The molecule has 1 amide bonds. The standard InChI is InChI=1S/C13H19NO2/c15-11-5-9-13(16)14-10-4-8-12-6-2-1-3-7-12/h1-3,6-7,15H,4-5,8-11H2,(H,14,16). The van der Waals surface area contributed by atoms with Gasteiger partial charge >= 0.3 is 0 Å². The lowest BCUT2D eigenvalue weighted by atomic mass is 10.1. The highest BCUT2D eigenvalue weighted by atomic mass is 16.3. The molecule has 3 nitrogen and oxygen atoms in total. The first-order chi connectivity index (χ1) is 7.83. The van der Waals surface area contributed by atoms with E-state index in [0.29, 0.717) is 19.4 Å². The normalized spacial score (nSPS) is 10.1. The van der Waals surface area contributed by atoms with Gasteiger partial charge in [0.05, 0.1) is 0 Å². The smallest absolute Gasteiger partial charge is 0.220 e. The van der Waals surface area contributed by atoms with Crippen molar-refractivity contribution in [2.24, 2.45) is 0 Å². The first-order valence-electron chi connectivity index (χ1n) is 5.74. The van der Waals surface area contributed by atoms with Gasteiger partial charge in [0.1, 0.15) is 0 Å². The van der Waals surface area contributed by atoms with Crippen molar-refractivity contribution in [2.75, 3.05) is 13.2 Å². The average molecular weight is 221 g/mol. The third-order valence-electron chi connectivity index (χ3n) is 2.37. The van der Waals surface area contributed by atoms with Gasteiger partial charge in [0.2, 0.25) is 5.91 Å². The minimum absolute atomic E-state index is 0.0297. The van der Waals surface area contributed by atoms with E-state index in [2.05, 4.69) is 17.4 Å². The maximum atomic E-state index is 11.2. The molecular weight excluding hydrogens is 202 g/mol. The van der Waals surface area contributed by atoms with Gasteiger partial charge in [-0.15, -0.1) is 0 Å². The van der Waals surface area contributed by atoms with Crippen molar-refractivity contribution in [3.63, 3.8) is 0 Å². The van der Waals surface area contributed by atoms with Crippen LogP contribution in [0.5, 0.6) is 0 Å². The summed E-state index contributed by atoms with van der Waals surface area (Å²) >= 11 is 0. The van der Waals surface area contributed by atoms with Gasteiger partial charge in [-0.25, -0.2) is 0 Å². The fourth-order valence-corrected chi connectivity index (χ4v) is 1.49. The number of aliphatic hydroxyl groups excluding tert-OH is 1. The van der Waals surface area contributed by atoms with Gasteiger partial charge in [-0.1, -0.05) is 30.3 Å². The predicted molar refractivity (Wildman–Crippen MR) is 64.1 cm³/mol. The first kappa shape index (κ1) is 12.7. The summed E-state index contributed by atoms with van der Waals surface area (Å²) in [7, 11) is 0. The molecule has 0 aliphatic heterocycles. The van der Waals surface area contributed by atoms with Crippen molar-refractivity contribution >= 4 is 5.91 Å². The summed E-state index contributed by atoms with van der Waals surface area (Å²) in [5, 5.41) is 11.4. The number of benzene rings is 1. The lowest BCUT2D eigenvalue weighted by molar-refractivity contribution is -0.121. The zero-order valence-corrected chi connectivity index (χ0v) is 9.48. The Balaban J connectivity index is 2.06. The largest absolute Gasteiger partial charge is 0.396 e. The number of nitrogens with one attached hydrogen (secondary N) is 1. The van der Waals surface area contributed by atoms with Gasteiger partial charge in [-0.05, 0) is 24.8 Å². The predicted octanol–water partition coefficient (Wildman–Crippen LogP) is 1.51. The van der Waals surface area contributed by atoms with Crippen LogP contribution in [0.4, 0.5) is 0 Å². The van der Waals surface area contributed by atoms with E-state index in [1.54, 1.807) is 0 Å². The van der Waals surface area contributed by atoms with Crippen LogP contribution in [-0.4, -0.2) is 24.2 Å². The maximum Gasteiger partial charge on any atom is 0.220 e. The molecule has 0 saturated carbocycles. The first-order valence-corrected chi connectivity index (χ1v) is 5.74. The van der Waals surface area contributed by atoms with E-state index in [1.165, 1.54) is 5.56 Å². The average Bonchev–Trinajstić information content (AvgIpc) is 2.33. The van der Waals surface area contributed by atoms with Crippen molar-refractivity contribution < 1.29 is 9.90 Å². The molecule has 0 heterocycles. The summed E-state index contributed by atoms with van der Waals surface area (Å²) in [6, 6.07) is 10.2. The Bertz CT molecular complexity index is 298. The van der Waals surface area contributed by atoms with Crippen LogP contribution in [-0.2, 0) is 11.2 Å². The Morgan fingerprint density at radius 1 is 1.19 bits per heavy atom. The number of aliphatic hydroxyl groups is 1. The number of carbonyl (C=O) groups excluding carboxylic acids is 1. The molecule has 0 saturated heterocycles. The highest BCUT2D eigenvalue weighted by Crippen LogP contribution is 2.01. The van der Waals surface area contributed by atoms with Crippen molar-refractivity contribution in [1.29, 1.82) is 0 Å². The van der Waals surface area contributed by atoms with Crippen LogP contribution >= 0.6 is 0 Å². The molecule has 0 bridgehead atoms. The van der Waals surface area contributed by atoms with Crippen molar-refractivity contribution in [1.82, 2.24) is 5.32 Å². The van der Waals surface area contributed by atoms with Gasteiger partial charge in [0.25, 0.3) is 0 Å². The second kappa shape index (κ2) is 7.88. The number of hydrogen-bond donors (Lipinski definition) is 2. The van der Waals surface area contributed by atoms with E-state index in [4.69, 9.17) is 5.11 Å². The maximum absolute atomic E-state index is 11.2. The topological polar surface area (TPSA) is 49.3 Å². The molecule has 3 heteroatoms. The molecule has 1 rings (SSSR count). The Morgan fingerprint density at radius 3 is 2.62 bits per heavy atom. The van der Waals surface area contributed by atoms with Crippen LogP contribution in [0.3, 0.4) is 0 Å². The molecule has 2 N–H and O–H groups in total. The van der Waals surface area contributed by atoms with Gasteiger partial charge < -0.3 is 10.4 Å². The van der Waals surface area contributed by atoms with Gasteiger partial charge in [-0.2, -0.15) is 0 Å². The molecule has 88 valence electrons. The number of aryl methyl sites for hydroxylation is 1. The van der Waals surface area contributed by atoms with Gasteiger partial charge in [0.15, 0.2) is 0 Å². The number of amides is 1. The SMILES string of the molecule is O=C(CCCO)NCCCc1ccccc1. The van der Waals surface area contributed by atoms with Crippen molar-refractivity contribution in [3.05, 3.63) is 35.9 Å². The van der Waals surface area contributed by atoms with E-state index in [0.717, 1.165) is 12.8 Å². The molecule has 0 aromatic heterocycles. The van der Waals surface area contributed by atoms with E-state index in [1.807, 2.05) is 18.2 Å². The highest BCUT2D eigenvalue weighted by molar-refractivity contribution is 5.75. The molecule has 0 aliphatic rings. The summed E-state index contributed by atoms with van der Waals surface area (Å²) in [4.78, 5) is 11.2. The molecule has 1 aromatic rings. The lowest BCUT2D eigenvalue weighted by Gasteiger charge is -2.04. The monoisotopic (exact) mass is 221 g/mol. The van der Waals surface area contributed by atoms with E-state index < -0.39 is 0 Å². The zero-order chi connectivity index (χ0) is 11.6. The van der Waals surface area contributed by atoms with Crippen LogP contribution in [0, 0.1) is 0 Å². The number of carbonyl (C=O) groups is 1. The Hall–Kier alpha value is -1.35. The third kappa shape index (κ3) is 5.51. The van der Waals surface area contributed by atoms with E-state index in [-0.39, 0.29) is 12.5 Å². The van der Waals surface area contributed by atoms with Crippen LogP contribution in [0.15, 0.2) is 30.3 Å². The summed E-state index contributed by atoms with van der Waals surface area (Å²) in [5.41, 5.74) is 1.30. The number of hydrogen-bond acceptors (Lipinski definition) is 2. The van der Waals surface area contributed by atoms with E-state index in [9.17, 15) is 4.79 Å². The molecule has 0 atom stereocenters. The van der Waals surface area contributed by atoms with Gasteiger partial charge in [-0.3, -0.25) is 4.79 Å². The summed E-state index contributed by atoms with van der Waals surface area (Å²) in [5.74, 6) is 0.0297. The van der Waals surface area contributed by atoms with E-state index >= 15 is 0 Å². The minimum atomic E-state index is 0.0297. The molecule has 0 aliphatic carbocycles. The molecule has 0 spiro atoms. The van der Waals surface area contributed by atoms with Crippen molar-refractivity contribution in [2.45, 2.75) is 25.7 Å².